The molecule has 1 aliphatic heterocycles. The number of ether oxygens (including phenoxy) is 1. The van der Waals surface area contributed by atoms with Crippen molar-refractivity contribution in [3.63, 3.8) is 0 Å². The van der Waals surface area contributed by atoms with Crippen molar-refractivity contribution in [1.82, 2.24) is 0 Å². The zero-order valence-corrected chi connectivity index (χ0v) is 17.1. The van der Waals surface area contributed by atoms with Crippen molar-refractivity contribution < 1.29 is 24.9 Å². The molecule has 5 nitrogen and oxygen atoms in total. The summed E-state index contributed by atoms with van der Waals surface area (Å²) >= 11 is 0. The van der Waals surface area contributed by atoms with Crippen LogP contribution in [0.15, 0.2) is 11.6 Å². The number of esters is 1. The number of aliphatic hydroxyl groups is 3. The van der Waals surface area contributed by atoms with Crippen molar-refractivity contribution in [3.8, 4) is 0 Å². The molecule has 156 valence electrons. The van der Waals surface area contributed by atoms with E-state index >= 15 is 0 Å². The quantitative estimate of drug-likeness (QED) is 0.599. The van der Waals surface area contributed by atoms with E-state index in [1.807, 2.05) is 0 Å². The molecule has 5 rings (SSSR count). The largest absolute Gasteiger partial charge is 0.458 e. The number of carbonyl (C=O) groups excluding carboxylic acids is 1. The molecule has 5 heteroatoms. The summed E-state index contributed by atoms with van der Waals surface area (Å²) in [5.41, 5.74) is -0.999. The van der Waals surface area contributed by atoms with Crippen LogP contribution in [-0.4, -0.2) is 45.2 Å². The molecule has 0 bridgehead atoms. The molecule has 0 aromatic heterocycles. The van der Waals surface area contributed by atoms with E-state index in [-0.39, 0.29) is 34.6 Å². The molecule has 0 radical (unpaired) electrons. The standard InChI is InChI=1S/C23H34O5/c1-20-7-3-15(24)12-22(20,26)9-5-18-17(20)4-8-21(2)16(6-10-23(18,21)27)14-11-19(25)28-13-14/h11,15-18,24,26-27H,3-10,12-13H2,1-2H3/t15-,16-,17+,18-,20-,21-,22+,23?/m1/s1. The highest BCUT2D eigenvalue weighted by Crippen LogP contribution is 2.70. The summed E-state index contributed by atoms with van der Waals surface area (Å²) in [6, 6.07) is 0. The third-order valence-electron chi connectivity index (χ3n) is 10.1. The predicted molar refractivity (Wildman–Crippen MR) is 103 cm³/mol. The zero-order chi connectivity index (χ0) is 19.9. The number of aliphatic hydroxyl groups excluding tert-OH is 1. The molecule has 4 aliphatic carbocycles. The van der Waals surface area contributed by atoms with Crippen LogP contribution in [-0.2, 0) is 9.53 Å². The molecule has 0 spiro atoms. The van der Waals surface area contributed by atoms with Crippen LogP contribution in [0.4, 0.5) is 0 Å². The monoisotopic (exact) mass is 390 g/mol. The van der Waals surface area contributed by atoms with Gasteiger partial charge in [-0.3, -0.25) is 0 Å². The van der Waals surface area contributed by atoms with E-state index in [0.717, 1.165) is 50.5 Å². The summed E-state index contributed by atoms with van der Waals surface area (Å²) in [5.74, 6) is 0.409. The summed E-state index contributed by atoms with van der Waals surface area (Å²) in [7, 11) is 0. The molecule has 4 fully saturated rings. The lowest BCUT2D eigenvalue weighted by Gasteiger charge is -2.66. The van der Waals surface area contributed by atoms with Crippen LogP contribution < -0.4 is 0 Å². The molecule has 28 heavy (non-hydrogen) atoms. The van der Waals surface area contributed by atoms with E-state index in [1.165, 1.54) is 0 Å². The second-order valence-corrected chi connectivity index (χ2v) is 10.9. The molecule has 5 aliphatic rings. The molecule has 0 saturated heterocycles. The average molecular weight is 391 g/mol. The first-order valence-electron chi connectivity index (χ1n) is 11.1. The Hall–Kier alpha value is -0.910. The van der Waals surface area contributed by atoms with Crippen LogP contribution in [0.5, 0.6) is 0 Å². The Morgan fingerprint density at radius 3 is 2.39 bits per heavy atom. The van der Waals surface area contributed by atoms with Crippen LogP contribution in [0.3, 0.4) is 0 Å². The predicted octanol–water partition coefficient (Wildman–Crippen LogP) is 2.72. The minimum absolute atomic E-state index is 0.176. The molecular weight excluding hydrogens is 356 g/mol. The Kier molecular flexibility index (Phi) is 3.97. The third-order valence-corrected chi connectivity index (χ3v) is 10.1. The Balaban J connectivity index is 1.49. The van der Waals surface area contributed by atoms with Crippen molar-refractivity contribution in [1.29, 1.82) is 0 Å². The van der Waals surface area contributed by atoms with Crippen molar-refractivity contribution in [3.05, 3.63) is 11.6 Å². The van der Waals surface area contributed by atoms with Gasteiger partial charge in [0.15, 0.2) is 0 Å². The first-order valence-corrected chi connectivity index (χ1v) is 11.1. The second kappa shape index (κ2) is 5.83. The normalized spacial score (nSPS) is 55.8. The molecule has 1 unspecified atom stereocenters. The SMILES string of the molecule is C[C@]12CC[C@H]3[C@@H](CC[C@]4(O)C[C@H](O)CC[C@]34C)C1(O)CC[C@@H]2C1=CC(=O)OC1. The number of cyclic esters (lactones) is 1. The van der Waals surface area contributed by atoms with Gasteiger partial charge in [0, 0.05) is 17.9 Å². The summed E-state index contributed by atoms with van der Waals surface area (Å²) in [4.78, 5) is 11.6. The van der Waals surface area contributed by atoms with Gasteiger partial charge in [0.05, 0.1) is 17.3 Å². The van der Waals surface area contributed by atoms with Gasteiger partial charge in [0.25, 0.3) is 0 Å². The minimum Gasteiger partial charge on any atom is -0.458 e. The van der Waals surface area contributed by atoms with Gasteiger partial charge in [0.2, 0.25) is 0 Å². The zero-order valence-electron chi connectivity index (χ0n) is 17.1. The van der Waals surface area contributed by atoms with Crippen molar-refractivity contribution in [2.75, 3.05) is 6.61 Å². The molecule has 1 heterocycles. The van der Waals surface area contributed by atoms with E-state index < -0.39 is 17.3 Å². The second-order valence-electron chi connectivity index (χ2n) is 10.9. The van der Waals surface area contributed by atoms with Crippen LogP contribution >= 0.6 is 0 Å². The van der Waals surface area contributed by atoms with Gasteiger partial charge < -0.3 is 20.1 Å². The summed E-state index contributed by atoms with van der Waals surface area (Å²) in [6.07, 6.45) is 8.33. The number of hydrogen-bond donors (Lipinski definition) is 3. The van der Waals surface area contributed by atoms with E-state index in [1.54, 1.807) is 6.08 Å². The smallest absolute Gasteiger partial charge is 0.331 e. The lowest BCUT2D eigenvalue weighted by molar-refractivity contribution is -0.254. The molecule has 0 amide bonds. The van der Waals surface area contributed by atoms with Crippen LogP contribution in [0, 0.1) is 28.6 Å². The lowest BCUT2D eigenvalue weighted by atomic mass is 9.42. The number of fused-ring (bicyclic) bond motifs is 5. The Morgan fingerprint density at radius 2 is 1.68 bits per heavy atom. The number of rotatable bonds is 1. The number of carbonyl (C=O) groups is 1. The highest BCUT2D eigenvalue weighted by Gasteiger charge is 2.70. The summed E-state index contributed by atoms with van der Waals surface area (Å²) in [5, 5.41) is 33.8. The fourth-order valence-corrected chi connectivity index (χ4v) is 8.38. The minimum atomic E-state index is -0.817. The fraction of sp³-hybridized carbons (Fsp3) is 0.870. The summed E-state index contributed by atoms with van der Waals surface area (Å²) in [6.45, 7) is 4.80. The van der Waals surface area contributed by atoms with Crippen LogP contribution in [0.2, 0.25) is 0 Å². The molecule has 8 atom stereocenters. The topological polar surface area (TPSA) is 87.0 Å². The van der Waals surface area contributed by atoms with Gasteiger partial charge >= 0.3 is 5.97 Å². The van der Waals surface area contributed by atoms with Gasteiger partial charge in [-0.2, -0.15) is 0 Å². The molecule has 0 aromatic rings. The van der Waals surface area contributed by atoms with E-state index in [2.05, 4.69) is 13.8 Å². The first-order chi connectivity index (χ1) is 13.1. The summed E-state index contributed by atoms with van der Waals surface area (Å²) < 4.78 is 5.18. The maximum Gasteiger partial charge on any atom is 0.331 e. The third kappa shape index (κ3) is 2.21. The lowest BCUT2D eigenvalue weighted by Crippen LogP contribution is -2.67. The molecule has 3 N–H and O–H groups in total. The molecule has 4 saturated carbocycles. The fourth-order valence-electron chi connectivity index (χ4n) is 8.38. The maximum atomic E-state index is 12.1. The van der Waals surface area contributed by atoms with Gasteiger partial charge in [-0.25, -0.2) is 4.79 Å². The van der Waals surface area contributed by atoms with Crippen LogP contribution in [0.25, 0.3) is 0 Å². The van der Waals surface area contributed by atoms with Gasteiger partial charge in [-0.15, -0.1) is 0 Å². The van der Waals surface area contributed by atoms with E-state index in [0.29, 0.717) is 19.4 Å². The van der Waals surface area contributed by atoms with Crippen molar-refractivity contribution in [2.45, 2.75) is 88.9 Å². The van der Waals surface area contributed by atoms with Gasteiger partial charge in [-0.1, -0.05) is 13.8 Å². The van der Waals surface area contributed by atoms with E-state index in [9.17, 15) is 20.1 Å². The van der Waals surface area contributed by atoms with Gasteiger partial charge in [-0.05, 0) is 80.1 Å². The van der Waals surface area contributed by atoms with Gasteiger partial charge in [0.1, 0.15) is 6.61 Å². The highest BCUT2D eigenvalue weighted by atomic mass is 16.5. The number of hydrogen-bond acceptors (Lipinski definition) is 5. The maximum absolute atomic E-state index is 12.1. The molecule has 0 aromatic carbocycles. The Labute approximate surface area is 167 Å². The molecular formula is C23H34O5. The average Bonchev–Trinajstić information content (AvgIpc) is 3.17. The first kappa shape index (κ1) is 19.1. The Morgan fingerprint density at radius 1 is 0.964 bits per heavy atom. The van der Waals surface area contributed by atoms with Crippen molar-refractivity contribution >= 4 is 5.97 Å². The van der Waals surface area contributed by atoms with Crippen LogP contribution in [0.1, 0.15) is 71.6 Å². The van der Waals surface area contributed by atoms with Crippen molar-refractivity contribution in [2.24, 2.45) is 28.6 Å². The van der Waals surface area contributed by atoms with E-state index in [4.69, 9.17) is 4.74 Å². The Bertz CT molecular complexity index is 733. The highest BCUT2D eigenvalue weighted by molar-refractivity contribution is 5.85.